The molecule has 0 aliphatic carbocycles. The van der Waals surface area contributed by atoms with Gasteiger partial charge in [0.2, 0.25) is 10.0 Å². The maximum Gasteiger partial charge on any atom is 0.247 e. The topological polar surface area (TPSA) is 58.6 Å². The maximum atomic E-state index is 12.7. The van der Waals surface area contributed by atoms with Gasteiger partial charge in [0.05, 0.1) is 7.11 Å². The summed E-state index contributed by atoms with van der Waals surface area (Å²) in [6.07, 6.45) is 0. The molecule has 2 rings (SSSR count). The predicted octanol–water partition coefficient (Wildman–Crippen LogP) is 0.986. The quantitative estimate of drug-likeness (QED) is 0.899. The number of benzene rings is 1. The average Bonchev–Trinajstić information content (AvgIpc) is 2.39. The Morgan fingerprint density at radius 3 is 2.79 bits per heavy atom. The van der Waals surface area contributed by atoms with Crippen molar-refractivity contribution in [1.82, 2.24) is 9.62 Å². The minimum absolute atomic E-state index is 0.0519. The number of aryl methyl sites for hydroxylation is 1. The summed E-state index contributed by atoms with van der Waals surface area (Å²) >= 11 is 0. The highest BCUT2D eigenvalue weighted by atomic mass is 32.2. The van der Waals surface area contributed by atoms with Crippen molar-refractivity contribution in [2.24, 2.45) is 0 Å². The summed E-state index contributed by atoms with van der Waals surface area (Å²) in [6, 6.07) is 5.17. The third-order valence-electron chi connectivity index (χ3n) is 3.35. The number of sulfonamides is 1. The second kappa shape index (κ2) is 5.48. The number of nitrogens with one attached hydrogen (secondary N) is 1. The summed E-state index contributed by atoms with van der Waals surface area (Å²) in [5.74, 6) is 0.399. The Labute approximate surface area is 114 Å². The monoisotopic (exact) mass is 284 g/mol. The smallest absolute Gasteiger partial charge is 0.247 e. The highest BCUT2D eigenvalue weighted by molar-refractivity contribution is 7.89. The summed E-state index contributed by atoms with van der Waals surface area (Å²) in [4.78, 5) is 0.253. The minimum atomic E-state index is -3.51. The first-order valence-corrected chi connectivity index (χ1v) is 7.78. The molecule has 106 valence electrons. The molecule has 6 heteroatoms. The molecule has 19 heavy (non-hydrogen) atoms. The molecule has 1 aromatic rings. The Kier molecular flexibility index (Phi) is 4.13. The van der Waals surface area contributed by atoms with Crippen LogP contribution in [-0.2, 0) is 10.0 Å². The van der Waals surface area contributed by atoms with Crippen LogP contribution in [0, 0.1) is 6.92 Å². The zero-order chi connectivity index (χ0) is 14.0. The van der Waals surface area contributed by atoms with Crippen LogP contribution in [0.2, 0.25) is 0 Å². The van der Waals surface area contributed by atoms with Crippen LogP contribution in [0.15, 0.2) is 23.1 Å². The molecule has 1 N–H and O–H groups in total. The van der Waals surface area contributed by atoms with Crippen LogP contribution in [0.5, 0.6) is 5.75 Å². The molecule has 0 amide bonds. The molecule has 1 fully saturated rings. The third-order valence-corrected chi connectivity index (χ3v) is 5.38. The molecule has 0 spiro atoms. The van der Waals surface area contributed by atoms with Crippen molar-refractivity contribution in [2.45, 2.75) is 24.8 Å². The van der Waals surface area contributed by atoms with Crippen molar-refractivity contribution in [2.75, 3.05) is 26.7 Å². The van der Waals surface area contributed by atoms with Gasteiger partial charge in [-0.3, -0.25) is 0 Å². The van der Waals surface area contributed by atoms with Crippen LogP contribution < -0.4 is 10.1 Å². The van der Waals surface area contributed by atoms with Gasteiger partial charge in [0.1, 0.15) is 10.6 Å². The molecule has 1 aromatic carbocycles. The van der Waals surface area contributed by atoms with E-state index in [0.29, 0.717) is 25.4 Å². The number of piperazine rings is 1. The normalized spacial score (nSPS) is 21.3. The zero-order valence-electron chi connectivity index (χ0n) is 11.5. The van der Waals surface area contributed by atoms with Crippen LogP contribution >= 0.6 is 0 Å². The van der Waals surface area contributed by atoms with Gasteiger partial charge < -0.3 is 10.1 Å². The fraction of sp³-hybridized carbons (Fsp3) is 0.538. The van der Waals surface area contributed by atoms with E-state index in [1.54, 1.807) is 16.4 Å². The highest BCUT2D eigenvalue weighted by Gasteiger charge is 2.32. The molecule has 0 radical (unpaired) electrons. The summed E-state index contributed by atoms with van der Waals surface area (Å²) in [6.45, 7) is 5.62. The first kappa shape index (κ1) is 14.3. The fourth-order valence-corrected chi connectivity index (χ4v) is 4.16. The van der Waals surface area contributed by atoms with E-state index in [-0.39, 0.29) is 10.9 Å². The molecule has 1 atom stereocenters. The van der Waals surface area contributed by atoms with Gasteiger partial charge in [-0.05, 0) is 31.5 Å². The number of nitrogens with zero attached hydrogens (tertiary/aromatic N) is 1. The SMILES string of the molecule is COc1ccc(C)cc1S(=O)(=O)N1CCNCC1C. The van der Waals surface area contributed by atoms with E-state index in [4.69, 9.17) is 4.74 Å². The van der Waals surface area contributed by atoms with Crippen LogP contribution in [0.25, 0.3) is 0 Å². The summed E-state index contributed by atoms with van der Waals surface area (Å²) in [7, 11) is -2.02. The maximum absolute atomic E-state index is 12.7. The Morgan fingerprint density at radius 1 is 1.42 bits per heavy atom. The first-order valence-electron chi connectivity index (χ1n) is 6.34. The van der Waals surface area contributed by atoms with Crippen LogP contribution in [0.1, 0.15) is 12.5 Å². The highest BCUT2D eigenvalue weighted by Crippen LogP contribution is 2.29. The second-order valence-corrected chi connectivity index (χ2v) is 6.68. The van der Waals surface area contributed by atoms with E-state index in [0.717, 1.165) is 5.56 Å². The molecule has 1 unspecified atom stereocenters. The van der Waals surface area contributed by atoms with Crippen molar-refractivity contribution in [3.05, 3.63) is 23.8 Å². The number of hydrogen-bond acceptors (Lipinski definition) is 4. The Hall–Kier alpha value is -1.11. The second-order valence-electron chi connectivity index (χ2n) is 4.82. The van der Waals surface area contributed by atoms with Crippen molar-refractivity contribution in [1.29, 1.82) is 0 Å². The molecule has 0 aromatic heterocycles. The van der Waals surface area contributed by atoms with Crippen LogP contribution in [0.4, 0.5) is 0 Å². The molecule has 0 saturated carbocycles. The van der Waals surface area contributed by atoms with E-state index in [1.165, 1.54) is 7.11 Å². The van der Waals surface area contributed by atoms with Gasteiger partial charge in [0.15, 0.2) is 0 Å². The first-order chi connectivity index (χ1) is 8.96. The Bertz CT molecular complexity index is 557. The molecular weight excluding hydrogens is 264 g/mol. The Morgan fingerprint density at radius 2 is 2.16 bits per heavy atom. The number of rotatable bonds is 3. The van der Waals surface area contributed by atoms with E-state index in [1.807, 2.05) is 19.9 Å². The third kappa shape index (κ3) is 2.75. The molecular formula is C13H20N2O3S. The molecule has 1 aliphatic rings. The zero-order valence-corrected chi connectivity index (χ0v) is 12.3. The number of ether oxygens (including phenoxy) is 1. The lowest BCUT2D eigenvalue weighted by Crippen LogP contribution is -2.52. The summed E-state index contributed by atoms with van der Waals surface area (Å²) in [5, 5.41) is 3.19. The van der Waals surface area contributed by atoms with Crippen molar-refractivity contribution < 1.29 is 13.2 Å². The van der Waals surface area contributed by atoms with Gasteiger partial charge in [-0.25, -0.2) is 8.42 Å². The van der Waals surface area contributed by atoms with E-state index in [9.17, 15) is 8.42 Å². The van der Waals surface area contributed by atoms with Gasteiger partial charge in [0.25, 0.3) is 0 Å². The van der Waals surface area contributed by atoms with Crippen LogP contribution in [0.3, 0.4) is 0 Å². The van der Waals surface area contributed by atoms with E-state index < -0.39 is 10.0 Å². The molecule has 1 heterocycles. The van der Waals surface area contributed by atoms with Crippen LogP contribution in [-0.4, -0.2) is 45.5 Å². The van der Waals surface area contributed by atoms with Crippen molar-refractivity contribution in [3.63, 3.8) is 0 Å². The number of methoxy groups -OCH3 is 1. The van der Waals surface area contributed by atoms with E-state index in [2.05, 4.69) is 5.32 Å². The van der Waals surface area contributed by atoms with Gasteiger partial charge >= 0.3 is 0 Å². The number of hydrogen-bond donors (Lipinski definition) is 1. The molecule has 5 nitrogen and oxygen atoms in total. The van der Waals surface area contributed by atoms with E-state index >= 15 is 0 Å². The summed E-state index contributed by atoms with van der Waals surface area (Å²) in [5.41, 5.74) is 0.905. The largest absolute Gasteiger partial charge is 0.495 e. The van der Waals surface area contributed by atoms with Gasteiger partial charge in [0, 0.05) is 25.7 Å². The summed E-state index contributed by atoms with van der Waals surface area (Å²) < 4.78 is 32.2. The van der Waals surface area contributed by atoms with Gasteiger partial charge in [-0.15, -0.1) is 0 Å². The molecule has 1 aliphatic heterocycles. The Balaban J connectivity index is 2.46. The minimum Gasteiger partial charge on any atom is -0.495 e. The standard InChI is InChI=1S/C13H20N2O3S/c1-10-4-5-12(18-3)13(8-10)19(16,17)15-7-6-14-9-11(15)2/h4-5,8,11,14H,6-7,9H2,1-3H3. The lowest BCUT2D eigenvalue weighted by atomic mass is 10.2. The predicted molar refractivity (Wildman–Crippen MR) is 74.0 cm³/mol. The van der Waals surface area contributed by atoms with Crippen molar-refractivity contribution in [3.8, 4) is 5.75 Å². The lowest BCUT2D eigenvalue weighted by Gasteiger charge is -2.33. The van der Waals surface area contributed by atoms with Crippen molar-refractivity contribution >= 4 is 10.0 Å². The van der Waals surface area contributed by atoms with Gasteiger partial charge in [-0.2, -0.15) is 4.31 Å². The average molecular weight is 284 g/mol. The molecule has 0 bridgehead atoms. The lowest BCUT2D eigenvalue weighted by molar-refractivity contribution is 0.282. The fourth-order valence-electron chi connectivity index (χ4n) is 2.29. The van der Waals surface area contributed by atoms with Gasteiger partial charge in [-0.1, -0.05) is 6.07 Å². The molecule has 1 saturated heterocycles.